The predicted molar refractivity (Wildman–Crippen MR) is 81.5 cm³/mol. The smallest absolute Gasteiger partial charge is 0.323 e. The van der Waals surface area contributed by atoms with Gasteiger partial charge >= 0.3 is 5.97 Å². The van der Waals surface area contributed by atoms with E-state index in [2.05, 4.69) is 16.0 Å². The first kappa shape index (κ1) is 13.5. The quantitative estimate of drug-likeness (QED) is 0.818. The highest BCUT2D eigenvalue weighted by Gasteiger charge is 2.43. The van der Waals surface area contributed by atoms with E-state index in [1.165, 1.54) is 7.11 Å². The molecule has 22 heavy (non-hydrogen) atoms. The number of carbonyl (C=O) groups excluding carboxylic acids is 2. The van der Waals surface area contributed by atoms with Crippen LogP contribution in [0.5, 0.6) is 0 Å². The van der Waals surface area contributed by atoms with Crippen molar-refractivity contribution in [3.63, 3.8) is 0 Å². The van der Waals surface area contributed by atoms with Gasteiger partial charge < -0.3 is 9.72 Å². The Hall–Kier alpha value is -2.14. The van der Waals surface area contributed by atoms with Crippen molar-refractivity contribution in [3.8, 4) is 0 Å². The Labute approximate surface area is 128 Å². The van der Waals surface area contributed by atoms with E-state index >= 15 is 0 Å². The fraction of sp³-hybridized carbons (Fsp3) is 0.412. The van der Waals surface area contributed by atoms with Gasteiger partial charge in [0.05, 0.1) is 13.2 Å². The molecule has 1 saturated heterocycles. The number of piperidine rings is 1. The molecule has 0 unspecified atom stereocenters. The second kappa shape index (κ2) is 4.95. The van der Waals surface area contributed by atoms with Crippen LogP contribution in [0.3, 0.4) is 0 Å². The number of hydrogen-bond acceptors (Lipinski definition) is 4. The van der Waals surface area contributed by atoms with Crippen molar-refractivity contribution in [2.45, 2.75) is 31.3 Å². The molecule has 0 radical (unpaired) electrons. The Bertz CT molecular complexity index is 764. The number of rotatable bonds is 1. The van der Waals surface area contributed by atoms with Crippen LogP contribution < -0.4 is 0 Å². The zero-order valence-electron chi connectivity index (χ0n) is 12.5. The number of H-pyrrole nitrogens is 1. The summed E-state index contributed by atoms with van der Waals surface area (Å²) in [7, 11) is 1.43. The molecular formula is C17H18N2O3. The lowest BCUT2D eigenvalue weighted by Crippen LogP contribution is -2.51. The fourth-order valence-electron chi connectivity index (χ4n) is 3.88. The van der Waals surface area contributed by atoms with Gasteiger partial charge in [0.1, 0.15) is 11.8 Å². The Morgan fingerprint density at radius 1 is 1.32 bits per heavy atom. The summed E-state index contributed by atoms with van der Waals surface area (Å²) in [5, 5.41) is 1.14. The Kier molecular flexibility index (Phi) is 3.04. The topological polar surface area (TPSA) is 62.4 Å². The minimum atomic E-state index is -0.296. The molecule has 2 aliphatic rings. The highest BCUT2D eigenvalue weighted by molar-refractivity contribution is 5.88. The van der Waals surface area contributed by atoms with Crippen LogP contribution in [-0.4, -0.2) is 41.3 Å². The normalized spacial score (nSPS) is 24.9. The van der Waals surface area contributed by atoms with Gasteiger partial charge in [-0.25, -0.2) is 0 Å². The van der Waals surface area contributed by atoms with Crippen LogP contribution in [0.2, 0.25) is 0 Å². The number of ketones is 1. The lowest BCUT2D eigenvalue weighted by molar-refractivity contribution is -0.150. The maximum Gasteiger partial charge on any atom is 0.323 e. The third-order valence-corrected chi connectivity index (χ3v) is 4.92. The number of nitrogens with one attached hydrogen (secondary N) is 1. The SMILES string of the molecule is COC(=O)[C@@H]1Cc2c([nH]c3ccccc23)[C@H]2CC(=O)CCN21. The summed E-state index contributed by atoms with van der Waals surface area (Å²) in [6, 6.07) is 7.76. The summed E-state index contributed by atoms with van der Waals surface area (Å²) in [5.41, 5.74) is 3.31. The zero-order valence-corrected chi connectivity index (χ0v) is 12.5. The molecule has 0 amide bonds. The summed E-state index contributed by atoms with van der Waals surface area (Å²) in [6.07, 6.45) is 1.61. The van der Waals surface area contributed by atoms with Gasteiger partial charge in [-0.15, -0.1) is 0 Å². The minimum Gasteiger partial charge on any atom is -0.468 e. The van der Waals surface area contributed by atoms with E-state index in [0.29, 0.717) is 25.8 Å². The van der Waals surface area contributed by atoms with Crippen molar-refractivity contribution in [2.24, 2.45) is 0 Å². The number of para-hydroxylation sites is 1. The third-order valence-electron chi connectivity index (χ3n) is 4.92. The molecular weight excluding hydrogens is 280 g/mol. The average molecular weight is 298 g/mol. The van der Waals surface area contributed by atoms with E-state index in [-0.39, 0.29) is 23.8 Å². The zero-order chi connectivity index (χ0) is 15.3. The number of aromatic nitrogens is 1. The first-order valence-electron chi connectivity index (χ1n) is 7.64. The van der Waals surface area contributed by atoms with Gasteiger partial charge in [0.2, 0.25) is 0 Å². The van der Waals surface area contributed by atoms with E-state index in [4.69, 9.17) is 4.74 Å². The number of benzene rings is 1. The van der Waals surface area contributed by atoms with Crippen LogP contribution in [0, 0.1) is 0 Å². The van der Waals surface area contributed by atoms with Crippen LogP contribution in [0.4, 0.5) is 0 Å². The maximum absolute atomic E-state index is 12.2. The van der Waals surface area contributed by atoms with Crippen LogP contribution >= 0.6 is 0 Å². The Morgan fingerprint density at radius 3 is 2.95 bits per heavy atom. The molecule has 0 bridgehead atoms. The molecule has 1 N–H and O–H groups in total. The predicted octanol–water partition coefficient (Wildman–Crippen LogP) is 1.97. The summed E-state index contributed by atoms with van der Waals surface area (Å²) in [4.78, 5) is 29.7. The maximum atomic E-state index is 12.2. The van der Waals surface area contributed by atoms with Gasteiger partial charge in [-0.3, -0.25) is 14.5 Å². The highest BCUT2D eigenvalue weighted by atomic mass is 16.5. The van der Waals surface area contributed by atoms with Crippen LogP contribution in [0.15, 0.2) is 24.3 Å². The molecule has 1 fully saturated rings. The molecule has 2 aromatic rings. The number of nitrogens with zero attached hydrogens (tertiary/aromatic N) is 1. The van der Waals surface area contributed by atoms with Gasteiger partial charge in [-0.1, -0.05) is 18.2 Å². The molecule has 1 aromatic heterocycles. The summed E-state index contributed by atoms with van der Waals surface area (Å²) in [6.45, 7) is 0.623. The first-order chi connectivity index (χ1) is 10.7. The third kappa shape index (κ3) is 1.89. The highest BCUT2D eigenvalue weighted by Crippen LogP contribution is 2.41. The van der Waals surface area contributed by atoms with Gasteiger partial charge in [-0.05, 0) is 11.6 Å². The molecule has 0 spiro atoms. The largest absolute Gasteiger partial charge is 0.468 e. The first-order valence-corrected chi connectivity index (χ1v) is 7.64. The van der Waals surface area contributed by atoms with Crippen molar-refractivity contribution in [2.75, 3.05) is 13.7 Å². The Morgan fingerprint density at radius 2 is 2.14 bits per heavy atom. The standard InChI is InChI=1S/C17H18N2O3/c1-22-17(21)15-9-12-11-4-2-3-5-13(11)18-16(12)14-8-10(20)6-7-19(14)15/h2-5,14-15,18H,6-9H2,1H3/t14-,15+/m1/s1. The van der Waals surface area contributed by atoms with Crippen molar-refractivity contribution >= 4 is 22.7 Å². The fourth-order valence-corrected chi connectivity index (χ4v) is 3.88. The van der Waals surface area contributed by atoms with Gasteiger partial charge in [0.15, 0.2) is 0 Å². The van der Waals surface area contributed by atoms with Crippen molar-refractivity contribution in [1.29, 1.82) is 0 Å². The number of ether oxygens (including phenoxy) is 1. The minimum absolute atomic E-state index is 0.0403. The van der Waals surface area contributed by atoms with Crippen LogP contribution in [0.25, 0.3) is 10.9 Å². The molecule has 0 aliphatic carbocycles. The van der Waals surface area contributed by atoms with Gasteiger partial charge in [0.25, 0.3) is 0 Å². The van der Waals surface area contributed by atoms with Crippen molar-refractivity contribution in [3.05, 3.63) is 35.5 Å². The van der Waals surface area contributed by atoms with Crippen LogP contribution in [-0.2, 0) is 20.7 Å². The van der Waals surface area contributed by atoms with Gasteiger partial charge in [0, 0.05) is 42.4 Å². The van der Waals surface area contributed by atoms with E-state index in [1.54, 1.807) is 0 Å². The number of hydrogen-bond donors (Lipinski definition) is 1. The molecule has 5 nitrogen and oxygen atoms in total. The van der Waals surface area contributed by atoms with Crippen LogP contribution in [0.1, 0.15) is 30.1 Å². The lowest BCUT2D eigenvalue weighted by atomic mass is 9.86. The molecule has 5 heteroatoms. The Balaban J connectivity index is 1.87. The van der Waals surface area contributed by atoms with Crippen molar-refractivity contribution < 1.29 is 14.3 Å². The number of fused-ring (bicyclic) bond motifs is 5. The lowest BCUT2D eigenvalue weighted by Gasteiger charge is -2.42. The molecule has 114 valence electrons. The summed E-state index contributed by atoms with van der Waals surface area (Å²) >= 11 is 0. The molecule has 1 aromatic carbocycles. The molecule has 0 saturated carbocycles. The number of Topliss-reactive ketones (excluding diaryl/α,β-unsaturated/α-hetero) is 1. The molecule has 2 aliphatic heterocycles. The van der Waals surface area contributed by atoms with Crippen molar-refractivity contribution in [1.82, 2.24) is 9.88 Å². The van der Waals surface area contributed by atoms with E-state index in [0.717, 1.165) is 22.2 Å². The number of methoxy groups -OCH3 is 1. The second-order valence-electron chi connectivity index (χ2n) is 6.05. The monoisotopic (exact) mass is 298 g/mol. The van der Waals surface area contributed by atoms with E-state index < -0.39 is 0 Å². The number of aromatic amines is 1. The molecule has 2 atom stereocenters. The van der Waals surface area contributed by atoms with E-state index in [9.17, 15) is 9.59 Å². The second-order valence-corrected chi connectivity index (χ2v) is 6.05. The van der Waals surface area contributed by atoms with Gasteiger partial charge in [-0.2, -0.15) is 0 Å². The number of carbonyl (C=O) groups is 2. The average Bonchev–Trinajstić information content (AvgIpc) is 2.92. The summed E-state index contributed by atoms with van der Waals surface area (Å²) in [5.74, 6) is 0.0478. The molecule has 3 heterocycles. The molecule has 4 rings (SSSR count). The summed E-state index contributed by atoms with van der Waals surface area (Å²) < 4.78 is 4.99. The van der Waals surface area contributed by atoms with E-state index in [1.807, 2.05) is 18.2 Å². The number of esters is 1.